The maximum absolute atomic E-state index is 10.2. The predicted molar refractivity (Wildman–Crippen MR) is 49.1 cm³/mol. The van der Waals surface area contributed by atoms with Crippen LogP contribution in [0, 0.1) is 0 Å². The molecule has 0 bridgehead atoms. The van der Waals surface area contributed by atoms with Gasteiger partial charge in [-0.3, -0.25) is 4.79 Å². The van der Waals surface area contributed by atoms with Crippen LogP contribution in [-0.2, 0) is 4.79 Å². The van der Waals surface area contributed by atoms with Crippen molar-refractivity contribution in [2.75, 3.05) is 11.9 Å². The van der Waals surface area contributed by atoms with Gasteiger partial charge in [0.2, 0.25) is 0 Å². The lowest BCUT2D eigenvalue weighted by molar-refractivity contribution is -0.136. The van der Waals surface area contributed by atoms with Gasteiger partial charge in [0, 0.05) is 12.5 Å². The number of nitrogens with one attached hydrogen (secondary N) is 1. The van der Waals surface area contributed by atoms with Gasteiger partial charge in [-0.25, -0.2) is 0 Å². The lowest BCUT2D eigenvalue weighted by atomic mass is 10.2. The fourth-order valence-corrected chi connectivity index (χ4v) is 0.818. The average Bonchev–Trinajstić information content (AvgIpc) is 2.52. The van der Waals surface area contributed by atoms with E-state index in [1.54, 1.807) is 0 Å². The van der Waals surface area contributed by atoms with Crippen molar-refractivity contribution >= 4 is 12.0 Å². The number of nitrogens with zero attached hydrogens (tertiary/aromatic N) is 2. The first-order chi connectivity index (χ1) is 6.59. The van der Waals surface area contributed by atoms with E-state index in [4.69, 9.17) is 9.63 Å². The van der Waals surface area contributed by atoms with Crippen LogP contribution >= 0.6 is 0 Å². The molecule has 6 nitrogen and oxygen atoms in total. The third-order valence-electron chi connectivity index (χ3n) is 1.57. The number of anilines is 1. The second kappa shape index (κ2) is 4.59. The number of carboxylic acid groups (broad SMARTS) is 1. The van der Waals surface area contributed by atoms with Crippen LogP contribution in [0.4, 0.5) is 6.01 Å². The standard InChI is InChI=1S/C8H13N3O3/c1-5(2)7-10-8(14-11-7)9-4-3-6(12)13/h5H,3-4H2,1-2H3,(H,12,13)(H,9,10,11). The molecule has 0 aliphatic heterocycles. The van der Waals surface area contributed by atoms with Crippen LogP contribution in [0.1, 0.15) is 32.0 Å². The quantitative estimate of drug-likeness (QED) is 0.737. The first-order valence-electron chi connectivity index (χ1n) is 4.39. The van der Waals surface area contributed by atoms with E-state index in [-0.39, 0.29) is 24.9 Å². The van der Waals surface area contributed by atoms with E-state index < -0.39 is 5.97 Å². The minimum atomic E-state index is -0.860. The van der Waals surface area contributed by atoms with Crippen molar-refractivity contribution < 1.29 is 14.4 Å². The molecule has 0 aliphatic rings. The molecule has 6 heteroatoms. The summed E-state index contributed by atoms with van der Waals surface area (Å²) >= 11 is 0. The summed E-state index contributed by atoms with van der Waals surface area (Å²) in [6, 6.07) is 0.273. The number of carboxylic acids is 1. The Morgan fingerprint density at radius 3 is 2.86 bits per heavy atom. The number of hydrogen-bond acceptors (Lipinski definition) is 5. The Balaban J connectivity index is 2.40. The number of aromatic nitrogens is 2. The zero-order valence-electron chi connectivity index (χ0n) is 8.15. The van der Waals surface area contributed by atoms with Crippen LogP contribution in [0.2, 0.25) is 0 Å². The topological polar surface area (TPSA) is 88.2 Å². The maximum Gasteiger partial charge on any atom is 0.321 e. The molecule has 0 aliphatic carbocycles. The van der Waals surface area contributed by atoms with Crippen LogP contribution in [0.15, 0.2) is 4.52 Å². The van der Waals surface area contributed by atoms with Crippen molar-refractivity contribution in [3.05, 3.63) is 5.82 Å². The summed E-state index contributed by atoms with van der Waals surface area (Å²) in [5.74, 6) is -0.0438. The molecule has 0 spiro atoms. The lowest BCUT2D eigenvalue weighted by Gasteiger charge is -1.96. The van der Waals surface area contributed by atoms with E-state index >= 15 is 0 Å². The summed E-state index contributed by atoms with van der Waals surface area (Å²) in [7, 11) is 0. The van der Waals surface area contributed by atoms with Gasteiger partial charge in [-0.15, -0.1) is 0 Å². The molecule has 0 aromatic carbocycles. The van der Waals surface area contributed by atoms with Crippen molar-refractivity contribution in [2.24, 2.45) is 0 Å². The third-order valence-corrected chi connectivity index (χ3v) is 1.57. The fraction of sp³-hybridized carbons (Fsp3) is 0.625. The van der Waals surface area contributed by atoms with Gasteiger partial charge >= 0.3 is 12.0 Å². The van der Waals surface area contributed by atoms with Gasteiger partial charge in [-0.05, 0) is 0 Å². The Morgan fingerprint density at radius 1 is 1.64 bits per heavy atom. The number of rotatable bonds is 5. The Hall–Kier alpha value is -1.59. The summed E-state index contributed by atoms with van der Waals surface area (Å²) in [6.07, 6.45) is 0.0272. The van der Waals surface area contributed by atoms with Gasteiger partial charge in [0.15, 0.2) is 5.82 Å². The minimum absolute atomic E-state index is 0.0272. The molecule has 1 aromatic heterocycles. The highest BCUT2D eigenvalue weighted by Crippen LogP contribution is 2.11. The van der Waals surface area contributed by atoms with Gasteiger partial charge in [-0.1, -0.05) is 19.0 Å². The predicted octanol–water partition coefficient (Wildman–Crippen LogP) is 1.08. The average molecular weight is 199 g/mol. The first-order valence-corrected chi connectivity index (χ1v) is 4.39. The summed E-state index contributed by atoms with van der Waals surface area (Å²) < 4.78 is 4.84. The fourth-order valence-electron chi connectivity index (χ4n) is 0.818. The summed E-state index contributed by atoms with van der Waals surface area (Å²) in [5, 5.41) is 14.8. The Kier molecular flexibility index (Phi) is 3.44. The van der Waals surface area contributed by atoms with Gasteiger partial charge in [-0.2, -0.15) is 4.98 Å². The Bertz CT molecular complexity index is 309. The Labute approximate surface area is 81.3 Å². The highest BCUT2D eigenvalue weighted by atomic mass is 16.5. The monoisotopic (exact) mass is 199 g/mol. The van der Waals surface area contributed by atoms with Crippen LogP contribution in [0.3, 0.4) is 0 Å². The summed E-state index contributed by atoms with van der Waals surface area (Å²) in [5.41, 5.74) is 0. The van der Waals surface area contributed by atoms with Crippen LogP contribution in [0.25, 0.3) is 0 Å². The second-order valence-corrected chi connectivity index (χ2v) is 3.18. The molecule has 0 radical (unpaired) electrons. The molecule has 0 unspecified atom stereocenters. The normalized spacial score (nSPS) is 10.5. The van der Waals surface area contributed by atoms with Crippen molar-refractivity contribution in [1.82, 2.24) is 10.1 Å². The number of hydrogen-bond donors (Lipinski definition) is 2. The van der Waals surface area contributed by atoms with Gasteiger partial charge < -0.3 is 14.9 Å². The first kappa shape index (κ1) is 10.5. The van der Waals surface area contributed by atoms with Crippen LogP contribution in [0.5, 0.6) is 0 Å². The molecule has 1 heterocycles. The molecule has 1 aromatic rings. The zero-order valence-corrected chi connectivity index (χ0v) is 8.15. The number of aliphatic carboxylic acids is 1. The zero-order chi connectivity index (χ0) is 10.6. The molecular weight excluding hydrogens is 186 g/mol. The van der Waals surface area contributed by atoms with Crippen molar-refractivity contribution in [1.29, 1.82) is 0 Å². The molecule has 0 amide bonds. The molecule has 0 fully saturated rings. The molecule has 1 rings (SSSR count). The van der Waals surface area contributed by atoms with Crippen LogP contribution < -0.4 is 5.32 Å². The summed E-state index contributed by atoms with van der Waals surface area (Å²) in [4.78, 5) is 14.2. The van der Waals surface area contributed by atoms with Gasteiger partial charge in [0.25, 0.3) is 0 Å². The number of carbonyl (C=O) groups is 1. The second-order valence-electron chi connectivity index (χ2n) is 3.18. The van der Waals surface area contributed by atoms with Crippen LogP contribution in [-0.4, -0.2) is 27.8 Å². The molecular formula is C8H13N3O3. The lowest BCUT2D eigenvalue weighted by Crippen LogP contribution is -2.07. The smallest absolute Gasteiger partial charge is 0.321 e. The molecule has 0 atom stereocenters. The van der Waals surface area contributed by atoms with E-state index in [0.717, 1.165) is 0 Å². The van der Waals surface area contributed by atoms with Crippen molar-refractivity contribution in [3.8, 4) is 0 Å². The van der Waals surface area contributed by atoms with E-state index in [1.165, 1.54) is 0 Å². The molecule has 78 valence electrons. The van der Waals surface area contributed by atoms with Crippen molar-refractivity contribution in [2.45, 2.75) is 26.2 Å². The van der Waals surface area contributed by atoms with E-state index in [2.05, 4.69) is 15.5 Å². The highest BCUT2D eigenvalue weighted by molar-refractivity contribution is 5.67. The van der Waals surface area contributed by atoms with Gasteiger partial charge in [0.05, 0.1) is 6.42 Å². The van der Waals surface area contributed by atoms with Gasteiger partial charge in [0.1, 0.15) is 0 Å². The largest absolute Gasteiger partial charge is 0.481 e. The minimum Gasteiger partial charge on any atom is -0.481 e. The molecule has 2 N–H and O–H groups in total. The Morgan fingerprint density at radius 2 is 2.36 bits per heavy atom. The SMILES string of the molecule is CC(C)c1noc(NCCC(=O)O)n1. The van der Waals surface area contributed by atoms with E-state index in [0.29, 0.717) is 5.82 Å². The highest BCUT2D eigenvalue weighted by Gasteiger charge is 2.08. The van der Waals surface area contributed by atoms with E-state index in [9.17, 15) is 4.79 Å². The molecule has 0 saturated heterocycles. The molecule has 14 heavy (non-hydrogen) atoms. The summed E-state index contributed by atoms with van der Waals surface area (Å²) in [6.45, 7) is 4.19. The maximum atomic E-state index is 10.2. The molecule has 0 saturated carbocycles. The van der Waals surface area contributed by atoms with E-state index in [1.807, 2.05) is 13.8 Å². The third kappa shape index (κ3) is 3.04. The van der Waals surface area contributed by atoms with Crippen molar-refractivity contribution in [3.63, 3.8) is 0 Å².